The monoisotopic (exact) mass is 289 g/mol. The van der Waals surface area contributed by atoms with E-state index in [1.807, 2.05) is 6.92 Å². The summed E-state index contributed by atoms with van der Waals surface area (Å²) in [4.78, 5) is 17.2. The topological polar surface area (TPSA) is 46.4 Å². The SMILES string of the molecule is CCCc1c(C2CCNCC2)nc2c(F)cccn2c1=O. The minimum absolute atomic E-state index is 0.116. The Labute approximate surface area is 123 Å². The molecule has 0 saturated carbocycles. The number of pyridine rings is 1. The second kappa shape index (κ2) is 5.93. The summed E-state index contributed by atoms with van der Waals surface area (Å²) in [7, 11) is 0. The Morgan fingerprint density at radius 3 is 2.90 bits per heavy atom. The first kappa shape index (κ1) is 14.2. The van der Waals surface area contributed by atoms with Gasteiger partial charge in [0.1, 0.15) is 0 Å². The molecule has 0 bridgehead atoms. The molecule has 112 valence electrons. The fourth-order valence-electron chi connectivity index (χ4n) is 3.10. The van der Waals surface area contributed by atoms with Crippen molar-refractivity contribution in [1.29, 1.82) is 0 Å². The Morgan fingerprint density at radius 2 is 2.19 bits per heavy atom. The lowest BCUT2D eigenvalue weighted by atomic mass is 9.90. The van der Waals surface area contributed by atoms with Gasteiger partial charge in [-0.1, -0.05) is 13.3 Å². The smallest absolute Gasteiger partial charge is 0.261 e. The fourth-order valence-corrected chi connectivity index (χ4v) is 3.10. The highest BCUT2D eigenvalue weighted by Crippen LogP contribution is 2.26. The molecule has 0 unspecified atom stereocenters. The van der Waals surface area contributed by atoms with Crippen molar-refractivity contribution in [2.75, 3.05) is 13.1 Å². The maximum Gasteiger partial charge on any atom is 0.261 e. The number of halogens is 1. The highest BCUT2D eigenvalue weighted by molar-refractivity contribution is 5.43. The summed E-state index contributed by atoms with van der Waals surface area (Å²) in [5.74, 6) is -0.182. The van der Waals surface area contributed by atoms with Gasteiger partial charge in [0.25, 0.3) is 5.56 Å². The van der Waals surface area contributed by atoms with Crippen LogP contribution < -0.4 is 10.9 Å². The van der Waals surface area contributed by atoms with Gasteiger partial charge in [-0.3, -0.25) is 9.20 Å². The third-order valence-electron chi connectivity index (χ3n) is 4.16. The first-order valence-electron chi connectivity index (χ1n) is 7.62. The molecule has 1 saturated heterocycles. The molecule has 0 amide bonds. The molecular weight excluding hydrogens is 269 g/mol. The van der Waals surface area contributed by atoms with Crippen LogP contribution in [0.25, 0.3) is 5.65 Å². The third-order valence-corrected chi connectivity index (χ3v) is 4.16. The Kier molecular flexibility index (Phi) is 4.01. The number of nitrogens with zero attached hydrogens (tertiary/aromatic N) is 2. The molecule has 1 aliphatic heterocycles. The summed E-state index contributed by atoms with van der Waals surface area (Å²) >= 11 is 0. The number of aromatic nitrogens is 2. The quantitative estimate of drug-likeness (QED) is 0.942. The van der Waals surface area contributed by atoms with Gasteiger partial charge in [-0.25, -0.2) is 9.37 Å². The minimum Gasteiger partial charge on any atom is -0.317 e. The molecule has 1 N–H and O–H groups in total. The standard InChI is InChI=1S/C16H20FN3O/c1-2-4-12-14(11-6-8-18-9-7-11)19-15-13(17)5-3-10-20(15)16(12)21/h3,5,10-11,18H,2,4,6-9H2,1H3. The normalized spacial score (nSPS) is 16.5. The van der Waals surface area contributed by atoms with E-state index in [1.54, 1.807) is 12.3 Å². The number of hydrogen-bond donors (Lipinski definition) is 1. The number of rotatable bonds is 3. The molecule has 0 spiro atoms. The van der Waals surface area contributed by atoms with E-state index >= 15 is 0 Å². The van der Waals surface area contributed by atoms with Gasteiger partial charge < -0.3 is 5.32 Å². The second-order valence-electron chi connectivity index (χ2n) is 5.60. The van der Waals surface area contributed by atoms with Crippen LogP contribution in [0.15, 0.2) is 23.1 Å². The van der Waals surface area contributed by atoms with Gasteiger partial charge >= 0.3 is 0 Å². The summed E-state index contributed by atoms with van der Waals surface area (Å²) in [6.07, 6.45) is 5.08. The van der Waals surface area contributed by atoms with Crippen LogP contribution >= 0.6 is 0 Å². The second-order valence-corrected chi connectivity index (χ2v) is 5.60. The van der Waals surface area contributed by atoms with Crippen molar-refractivity contribution >= 4 is 5.65 Å². The zero-order valence-corrected chi connectivity index (χ0v) is 12.2. The predicted octanol–water partition coefficient (Wildman–Crippen LogP) is 2.25. The van der Waals surface area contributed by atoms with Crippen molar-refractivity contribution in [2.45, 2.75) is 38.5 Å². The third kappa shape index (κ3) is 2.58. The van der Waals surface area contributed by atoms with Gasteiger partial charge in [0.05, 0.1) is 5.69 Å². The molecule has 0 atom stereocenters. The van der Waals surface area contributed by atoms with Crippen LogP contribution in [-0.4, -0.2) is 22.5 Å². The minimum atomic E-state index is -0.437. The first-order valence-corrected chi connectivity index (χ1v) is 7.62. The summed E-state index contributed by atoms with van der Waals surface area (Å²) in [6.45, 7) is 3.90. The van der Waals surface area contributed by atoms with E-state index in [-0.39, 0.29) is 17.1 Å². The molecule has 5 heteroatoms. The van der Waals surface area contributed by atoms with Gasteiger partial charge in [0, 0.05) is 17.7 Å². The average molecular weight is 289 g/mol. The van der Waals surface area contributed by atoms with Gasteiger partial charge in [-0.15, -0.1) is 0 Å². The summed E-state index contributed by atoms with van der Waals surface area (Å²) in [5, 5.41) is 3.31. The molecule has 0 aliphatic carbocycles. The van der Waals surface area contributed by atoms with E-state index < -0.39 is 5.82 Å². The number of fused-ring (bicyclic) bond motifs is 1. The average Bonchev–Trinajstić information content (AvgIpc) is 2.51. The van der Waals surface area contributed by atoms with Crippen LogP contribution in [0.5, 0.6) is 0 Å². The van der Waals surface area contributed by atoms with E-state index in [1.165, 1.54) is 10.5 Å². The molecule has 1 fully saturated rings. The van der Waals surface area contributed by atoms with E-state index in [9.17, 15) is 9.18 Å². The van der Waals surface area contributed by atoms with E-state index in [0.29, 0.717) is 6.42 Å². The molecule has 1 aliphatic rings. The van der Waals surface area contributed by atoms with Gasteiger partial charge in [0.2, 0.25) is 0 Å². The van der Waals surface area contributed by atoms with Crippen molar-refractivity contribution in [3.05, 3.63) is 45.8 Å². The molecule has 2 aromatic rings. The van der Waals surface area contributed by atoms with Crippen molar-refractivity contribution < 1.29 is 4.39 Å². The van der Waals surface area contributed by atoms with Crippen LogP contribution in [0.4, 0.5) is 4.39 Å². The van der Waals surface area contributed by atoms with Crippen molar-refractivity contribution in [2.24, 2.45) is 0 Å². The van der Waals surface area contributed by atoms with E-state index in [4.69, 9.17) is 0 Å². The fraction of sp³-hybridized carbons (Fsp3) is 0.500. The first-order chi connectivity index (χ1) is 10.2. The number of hydrogen-bond acceptors (Lipinski definition) is 3. The van der Waals surface area contributed by atoms with Gasteiger partial charge in [-0.2, -0.15) is 0 Å². The zero-order valence-electron chi connectivity index (χ0n) is 12.2. The maximum absolute atomic E-state index is 14.0. The van der Waals surface area contributed by atoms with Gasteiger partial charge in [-0.05, 0) is 44.5 Å². The summed E-state index contributed by atoms with van der Waals surface area (Å²) in [6, 6.07) is 2.90. The number of piperidine rings is 1. The Hall–Kier alpha value is -1.75. The largest absolute Gasteiger partial charge is 0.317 e. The Bertz CT molecular complexity index is 704. The van der Waals surface area contributed by atoms with Gasteiger partial charge in [0.15, 0.2) is 11.5 Å². The van der Waals surface area contributed by atoms with Crippen molar-refractivity contribution in [1.82, 2.24) is 14.7 Å². The summed E-state index contributed by atoms with van der Waals surface area (Å²) in [5.41, 5.74) is 1.60. The van der Waals surface area contributed by atoms with Crippen LogP contribution in [0.3, 0.4) is 0 Å². The summed E-state index contributed by atoms with van der Waals surface area (Å²) < 4.78 is 15.3. The van der Waals surface area contributed by atoms with E-state index in [0.717, 1.165) is 43.6 Å². The van der Waals surface area contributed by atoms with Crippen molar-refractivity contribution in [3.8, 4) is 0 Å². The molecular formula is C16H20FN3O. The van der Waals surface area contributed by atoms with Crippen LogP contribution in [0.2, 0.25) is 0 Å². The van der Waals surface area contributed by atoms with Crippen molar-refractivity contribution in [3.63, 3.8) is 0 Å². The van der Waals surface area contributed by atoms with Crippen LogP contribution in [-0.2, 0) is 6.42 Å². The lowest BCUT2D eigenvalue weighted by Crippen LogP contribution is -2.30. The Balaban J connectivity index is 2.22. The molecule has 21 heavy (non-hydrogen) atoms. The molecule has 4 nitrogen and oxygen atoms in total. The highest BCUT2D eigenvalue weighted by Gasteiger charge is 2.23. The number of nitrogens with one attached hydrogen (secondary N) is 1. The molecule has 0 aromatic carbocycles. The van der Waals surface area contributed by atoms with Crippen LogP contribution in [0, 0.1) is 5.82 Å². The van der Waals surface area contributed by atoms with Crippen LogP contribution in [0.1, 0.15) is 43.4 Å². The lowest BCUT2D eigenvalue weighted by Gasteiger charge is -2.24. The predicted molar refractivity (Wildman–Crippen MR) is 80.3 cm³/mol. The van der Waals surface area contributed by atoms with E-state index in [2.05, 4.69) is 10.3 Å². The molecule has 2 aromatic heterocycles. The molecule has 3 rings (SSSR count). The molecule has 3 heterocycles. The lowest BCUT2D eigenvalue weighted by molar-refractivity contribution is 0.449. The highest BCUT2D eigenvalue weighted by atomic mass is 19.1. The Morgan fingerprint density at radius 1 is 1.43 bits per heavy atom. The molecule has 0 radical (unpaired) electrons. The maximum atomic E-state index is 14.0. The zero-order chi connectivity index (χ0) is 14.8.